The van der Waals surface area contributed by atoms with Gasteiger partial charge >= 0.3 is 0 Å². The molecule has 0 aromatic carbocycles. The summed E-state index contributed by atoms with van der Waals surface area (Å²) >= 11 is 0. The van der Waals surface area contributed by atoms with Crippen LogP contribution in [0.3, 0.4) is 0 Å². The molecule has 18 heavy (non-hydrogen) atoms. The smallest absolute Gasteiger partial charge is 0.131 e. The van der Waals surface area contributed by atoms with Crippen molar-refractivity contribution in [1.82, 2.24) is 24.8 Å². The summed E-state index contributed by atoms with van der Waals surface area (Å²) in [7, 11) is 1.99. The van der Waals surface area contributed by atoms with Crippen molar-refractivity contribution in [1.29, 1.82) is 0 Å². The minimum atomic E-state index is -0.00181. The van der Waals surface area contributed by atoms with Crippen LogP contribution in [-0.2, 0) is 7.05 Å². The minimum absolute atomic E-state index is 0.00181. The average Bonchev–Trinajstić information content (AvgIpc) is 2.78. The number of nitrogens with zero attached hydrogens (tertiary/aromatic N) is 4. The summed E-state index contributed by atoms with van der Waals surface area (Å²) in [6.07, 6.45) is 8.42. The van der Waals surface area contributed by atoms with E-state index in [4.69, 9.17) is 0 Å². The Morgan fingerprint density at radius 1 is 1.28 bits per heavy atom. The highest BCUT2D eigenvalue weighted by molar-refractivity contribution is 5.16. The van der Waals surface area contributed by atoms with Crippen molar-refractivity contribution in [2.75, 3.05) is 6.54 Å². The largest absolute Gasteiger partial charge is 0.336 e. The summed E-state index contributed by atoms with van der Waals surface area (Å²) in [5.74, 6) is 0.960. The first-order valence-corrected chi connectivity index (χ1v) is 6.21. The van der Waals surface area contributed by atoms with E-state index in [-0.39, 0.29) is 6.04 Å². The van der Waals surface area contributed by atoms with Crippen molar-refractivity contribution in [2.45, 2.75) is 26.3 Å². The van der Waals surface area contributed by atoms with Gasteiger partial charge in [0.2, 0.25) is 0 Å². The predicted molar refractivity (Wildman–Crippen MR) is 70.1 cm³/mol. The second kappa shape index (κ2) is 5.73. The van der Waals surface area contributed by atoms with Gasteiger partial charge in [0.25, 0.3) is 0 Å². The van der Waals surface area contributed by atoms with Crippen LogP contribution in [0.2, 0.25) is 0 Å². The van der Waals surface area contributed by atoms with E-state index in [9.17, 15) is 0 Å². The molecular weight excluding hydrogens is 226 g/mol. The van der Waals surface area contributed by atoms with E-state index in [1.807, 2.05) is 30.9 Å². The van der Waals surface area contributed by atoms with Gasteiger partial charge in [-0.3, -0.25) is 9.97 Å². The van der Waals surface area contributed by atoms with E-state index >= 15 is 0 Å². The van der Waals surface area contributed by atoms with Crippen molar-refractivity contribution >= 4 is 0 Å². The first-order chi connectivity index (χ1) is 8.72. The van der Waals surface area contributed by atoms with Gasteiger partial charge in [-0.1, -0.05) is 6.92 Å². The molecule has 2 aromatic rings. The van der Waals surface area contributed by atoms with Crippen molar-refractivity contribution < 1.29 is 0 Å². The normalized spacial score (nSPS) is 12.6. The first-order valence-electron chi connectivity index (χ1n) is 6.21. The molecule has 2 heterocycles. The van der Waals surface area contributed by atoms with Gasteiger partial charge < -0.3 is 9.88 Å². The second-order valence-electron chi connectivity index (χ2n) is 4.37. The lowest BCUT2D eigenvalue weighted by molar-refractivity contribution is 0.543. The first kappa shape index (κ1) is 12.7. The van der Waals surface area contributed by atoms with Crippen LogP contribution in [0.4, 0.5) is 0 Å². The van der Waals surface area contributed by atoms with E-state index in [0.717, 1.165) is 30.2 Å². The molecule has 5 heteroatoms. The molecule has 1 atom stereocenters. The van der Waals surface area contributed by atoms with Crippen LogP contribution in [0.5, 0.6) is 0 Å². The maximum absolute atomic E-state index is 4.45. The molecule has 0 saturated carbocycles. The molecule has 0 aliphatic carbocycles. The van der Waals surface area contributed by atoms with Gasteiger partial charge in [0.05, 0.1) is 17.6 Å². The Morgan fingerprint density at radius 2 is 2.11 bits per heavy atom. The van der Waals surface area contributed by atoms with E-state index < -0.39 is 0 Å². The Kier molecular flexibility index (Phi) is 4.04. The predicted octanol–water partition coefficient (Wildman–Crippen LogP) is 1.61. The summed E-state index contributed by atoms with van der Waals surface area (Å²) < 4.78 is 2.01. The fourth-order valence-electron chi connectivity index (χ4n) is 1.82. The maximum atomic E-state index is 4.45. The standard InChI is InChI=1S/C13H19N5/c1-4-5-14-12(13-15-6-7-18(13)3)11-9-16-10(2)8-17-11/h6-9,12,14H,4-5H2,1-3H3. The number of aryl methyl sites for hydroxylation is 2. The second-order valence-corrected chi connectivity index (χ2v) is 4.37. The van der Waals surface area contributed by atoms with Crippen LogP contribution >= 0.6 is 0 Å². The molecule has 0 aliphatic rings. The van der Waals surface area contributed by atoms with Gasteiger partial charge in [-0.25, -0.2) is 4.98 Å². The quantitative estimate of drug-likeness (QED) is 0.869. The number of nitrogens with one attached hydrogen (secondary N) is 1. The van der Waals surface area contributed by atoms with Crippen LogP contribution in [0.1, 0.15) is 36.6 Å². The highest BCUT2D eigenvalue weighted by Crippen LogP contribution is 2.17. The van der Waals surface area contributed by atoms with Crippen LogP contribution < -0.4 is 5.32 Å². The summed E-state index contributed by atoms with van der Waals surface area (Å²) in [5.41, 5.74) is 1.83. The van der Waals surface area contributed by atoms with Crippen LogP contribution in [0, 0.1) is 6.92 Å². The molecule has 1 unspecified atom stereocenters. The fourth-order valence-corrected chi connectivity index (χ4v) is 1.82. The van der Waals surface area contributed by atoms with Gasteiger partial charge in [-0.05, 0) is 19.9 Å². The molecule has 0 spiro atoms. The molecular formula is C13H19N5. The lowest BCUT2D eigenvalue weighted by Gasteiger charge is -2.17. The van der Waals surface area contributed by atoms with E-state index in [0.29, 0.717) is 0 Å². The van der Waals surface area contributed by atoms with Crippen molar-refractivity contribution in [3.8, 4) is 0 Å². The Labute approximate surface area is 107 Å². The van der Waals surface area contributed by atoms with Crippen LogP contribution in [0.15, 0.2) is 24.8 Å². The van der Waals surface area contributed by atoms with Crippen molar-refractivity contribution in [2.24, 2.45) is 7.05 Å². The third kappa shape index (κ3) is 2.73. The summed E-state index contributed by atoms with van der Waals surface area (Å²) in [6, 6.07) is -0.00181. The molecule has 2 rings (SSSR count). The topological polar surface area (TPSA) is 55.6 Å². The van der Waals surface area contributed by atoms with Crippen LogP contribution in [-0.4, -0.2) is 26.1 Å². The molecule has 0 aliphatic heterocycles. The van der Waals surface area contributed by atoms with Gasteiger partial charge in [0.1, 0.15) is 11.9 Å². The molecule has 0 bridgehead atoms. The van der Waals surface area contributed by atoms with E-state index in [1.54, 1.807) is 12.4 Å². The highest BCUT2D eigenvalue weighted by atomic mass is 15.1. The Morgan fingerprint density at radius 3 is 2.67 bits per heavy atom. The zero-order chi connectivity index (χ0) is 13.0. The molecule has 0 amide bonds. The number of aromatic nitrogens is 4. The summed E-state index contributed by atoms with van der Waals surface area (Å²) in [6.45, 7) is 5.00. The highest BCUT2D eigenvalue weighted by Gasteiger charge is 2.18. The lowest BCUT2D eigenvalue weighted by atomic mass is 10.2. The molecule has 0 fully saturated rings. The lowest BCUT2D eigenvalue weighted by Crippen LogP contribution is -2.26. The molecule has 0 saturated heterocycles. The minimum Gasteiger partial charge on any atom is -0.336 e. The monoisotopic (exact) mass is 245 g/mol. The van der Waals surface area contributed by atoms with E-state index in [1.165, 1.54) is 0 Å². The van der Waals surface area contributed by atoms with Gasteiger partial charge in [-0.2, -0.15) is 0 Å². The SMILES string of the molecule is CCCNC(c1cnc(C)cn1)c1nccn1C. The number of hydrogen-bond acceptors (Lipinski definition) is 4. The Bertz CT molecular complexity index is 488. The zero-order valence-electron chi connectivity index (χ0n) is 11.1. The Balaban J connectivity index is 2.30. The fraction of sp³-hybridized carbons (Fsp3) is 0.462. The van der Waals surface area contributed by atoms with Gasteiger partial charge in [0, 0.05) is 25.6 Å². The van der Waals surface area contributed by atoms with Crippen LogP contribution in [0.25, 0.3) is 0 Å². The molecule has 5 nitrogen and oxygen atoms in total. The Hall–Kier alpha value is -1.75. The van der Waals surface area contributed by atoms with Gasteiger partial charge in [0.15, 0.2) is 0 Å². The number of imidazole rings is 1. The number of hydrogen-bond donors (Lipinski definition) is 1. The zero-order valence-corrected chi connectivity index (χ0v) is 11.1. The maximum Gasteiger partial charge on any atom is 0.131 e. The van der Waals surface area contributed by atoms with Gasteiger partial charge in [-0.15, -0.1) is 0 Å². The third-order valence-electron chi connectivity index (χ3n) is 2.81. The van der Waals surface area contributed by atoms with E-state index in [2.05, 4.69) is 27.2 Å². The summed E-state index contributed by atoms with van der Waals surface area (Å²) in [5, 5.41) is 3.46. The average molecular weight is 245 g/mol. The number of rotatable bonds is 5. The third-order valence-corrected chi connectivity index (χ3v) is 2.81. The molecule has 2 aromatic heterocycles. The van der Waals surface area contributed by atoms with Crippen molar-refractivity contribution in [3.63, 3.8) is 0 Å². The molecule has 0 radical (unpaired) electrons. The summed E-state index contributed by atoms with van der Waals surface area (Å²) in [4.78, 5) is 13.2. The van der Waals surface area contributed by atoms with Crippen molar-refractivity contribution in [3.05, 3.63) is 42.0 Å². The molecule has 96 valence electrons. The molecule has 1 N–H and O–H groups in total.